The Morgan fingerprint density at radius 1 is 0.714 bits per heavy atom. The lowest BCUT2D eigenvalue weighted by molar-refractivity contribution is -0.133. The Morgan fingerprint density at radius 2 is 1.25 bits per heavy atom. The molecule has 0 spiro atoms. The highest BCUT2D eigenvalue weighted by Gasteiger charge is 2.47. The number of nitrogens with zero attached hydrogens (tertiary/aromatic N) is 8. The number of amides is 1. The molecule has 320 valence electrons. The number of fused-ring (bicyclic) bond motifs is 2. The van der Waals surface area contributed by atoms with Gasteiger partial charge in [0, 0.05) is 80.2 Å². The first-order chi connectivity index (χ1) is 30.6. The van der Waals surface area contributed by atoms with Crippen LogP contribution in [0.25, 0.3) is 44.1 Å². The molecule has 4 heterocycles. The highest BCUT2D eigenvalue weighted by molar-refractivity contribution is 7.89. The Labute approximate surface area is 367 Å². The van der Waals surface area contributed by atoms with Gasteiger partial charge in [-0.25, -0.2) is 8.42 Å². The minimum absolute atomic E-state index is 0.0672. The normalized spacial score (nSPS) is 18.0. The van der Waals surface area contributed by atoms with Gasteiger partial charge >= 0.3 is 0 Å². The summed E-state index contributed by atoms with van der Waals surface area (Å²) in [7, 11) is -0.0286. The van der Waals surface area contributed by atoms with Crippen molar-refractivity contribution in [1.29, 1.82) is 10.5 Å². The molecule has 2 aliphatic heterocycles. The van der Waals surface area contributed by atoms with Crippen LogP contribution in [0.4, 0.5) is 11.4 Å². The topological polar surface area (TPSA) is 156 Å². The van der Waals surface area contributed by atoms with E-state index in [4.69, 9.17) is 19.4 Å². The van der Waals surface area contributed by atoms with Crippen molar-refractivity contribution in [3.8, 4) is 45.9 Å². The van der Waals surface area contributed by atoms with Crippen molar-refractivity contribution in [3.63, 3.8) is 0 Å². The van der Waals surface area contributed by atoms with Gasteiger partial charge in [0.15, 0.2) is 11.5 Å². The van der Waals surface area contributed by atoms with E-state index in [1.165, 1.54) is 0 Å². The number of carbonyl (C=O) groups excluding carboxylic acids is 1. The van der Waals surface area contributed by atoms with Crippen molar-refractivity contribution in [3.05, 3.63) is 108 Å². The van der Waals surface area contributed by atoms with Gasteiger partial charge < -0.3 is 24.2 Å². The molecule has 0 radical (unpaired) electrons. The highest BCUT2D eigenvalue weighted by Crippen LogP contribution is 2.51. The van der Waals surface area contributed by atoms with Crippen molar-refractivity contribution in [2.75, 3.05) is 76.4 Å². The van der Waals surface area contributed by atoms with E-state index in [1.807, 2.05) is 77.8 Å². The van der Waals surface area contributed by atoms with Crippen LogP contribution in [0.3, 0.4) is 0 Å². The lowest BCUT2D eigenvalue weighted by Crippen LogP contribution is -2.50. The van der Waals surface area contributed by atoms with Crippen LogP contribution in [0.5, 0.6) is 11.5 Å². The first kappa shape index (κ1) is 41.6. The maximum atomic E-state index is 14.1. The van der Waals surface area contributed by atoms with Gasteiger partial charge in [-0.15, -0.1) is 0 Å². The summed E-state index contributed by atoms with van der Waals surface area (Å²) in [4.78, 5) is 30.2. The fourth-order valence-electron chi connectivity index (χ4n) is 9.28. The zero-order valence-electron chi connectivity index (χ0n) is 35.8. The number of rotatable bonds is 10. The molecule has 9 rings (SSSR count). The Balaban J connectivity index is 0.903. The lowest BCUT2D eigenvalue weighted by Gasteiger charge is -2.36. The quantitative estimate of drug-likeness (QED) is 0.137. The second-order valence-corrected chi connectivity index (χ2v) is 19.1. The van der Waals surface area contributed by atoms with E-state index >= 15 is 0 Å². The number of para-hydroxylation sites is 2. The minimum Gasteiger partial charge on any atom is -0.494 e. The van der Waals surface area contributed by atoms with Crippen molar-refractivity contribution in [2.45, 2.75) is 31.4 Å². The summed E-state index contributed by atoms with van der Waals surface area (Å²) >= 11 is 0. The van der Waals surface area contributed by atoms with Crippen LogP contribution in [0.1, 0.15) is 42.9 Å². The van der Waals surface area contributed by atoms with Gasteiger partial charge in [-0.05, 0) is 79.3 Å². The molecule has 3 fully saturated rings. The molecular weight excluding hydrogens is 813 g/mol. The molecule has 4 aromatic carbocycles. The molecule has 6 aromatic rings. The van der Waals surface area contributed by atoms with E-state index in [1.54, 1.807) is 50.7 Å². The van der Waals surface area contributed by atoms with Crippen LogP contribution >= 0.6 is 0 Å². The number of benzene rings is 4. The molecule has 2 aromatic heterocycles. The third-order valence-electron chi connectivity index (χ3n) is 12.8. The molecule has 2 unspecified atom stereocenters. The average molecular weight is 861 g/mol. The molecule has 63 heavy (non-hydrogen) atoms. The van der Waals surface area contributed by atoms with Crippen LogP contribution in [0, 0.1) is 28.6 Å². The van der Waals surface area contributed by atoms with Gasteiger partial charge in [-0.2, -0.15) is 14.8 Å². The van der Waals surface area contributed by atoms with Gasteiger partial charge in [0.1, 0.15) is 0 Å². The van der Waals surface area contributed by atoms with Crippen LogP contribution < -0.4 is 19.3 Å². The first-order valence-corrected chi connectivity index (χ1v) is 22.8. The number of aromatic nitrogens is 2. The summed E-state index contributed by atoms with van der Waals surface area (Å²) in [5.41, 5.74) is 9.00. The second-order valence-electron chi connectivity index (χ2n) is 16.6. The van der Waals surface area contributed by atoms with Crippen LogP contribution in [-0.2, 0) is 14.8 Å². The fraction of sp³-hybridized carbons (Fsp3) is 0.327. The minimum atomic E-state index is -3.34. The third-order valence-corrected chi connectivity index (χ3v) is 15.1. The SMILES string of the molecule is COc1c(N2CCN(C(=O)C3CC3c3cc(-c4cccc5c(OC)c(N6CCN(S(=O)(=O)C(C)C)CC6)cnc45)ccc3C#N)CC2)cnc2c(-c3ccc(C#N)cc3)cccc12. The molecule has 0 N–H and O–H groups in total. The van der Waals surface area contributed by atoms with Crippen LogP contribution in [0.2, 0.25) is 0 Å². The number of pyridine rings is 2. The maximum absolute atomic E-state index is 14.1. The van der Waals surface area contributed by atoms with E-state index in [9.17, 15) is 23.7 Å². The average Bonchev–Trinajstić information content (AvgIpc) is 4.13. The largest absolute Gasteiger partial charge is 0.494 e. The van der Waals surface area contributed by atoms with E-state index in [2.05, 4.69) is 21.9 Å². The molecule has 1 aliphatic carbocycles. The number of sulfonamides is 1. The molecular formula is C49H48N8O5S. The van der Waals surface area contributed by atoms with Crippen molar-refractivity contribution >= 4 is 49.1 Å². The molecule has 1 amide bonds. The van der Waals surface area contributed by atoms with E-state index < -0.39 is 15.3 Å². The zero-order valence-corrected chi connectivity index (χ0v) is 36.6. The van der Waals surface area contributed by atoms with Gasteiger partial charge in [-0.3, -0.25) is 14.8 Å². The Hall–Kier alpha value is -6.74. The van der Waals surface area contributed by atoms with Gasteiger partial charge in [0.2, 0.25) is 15.9 Å². The third kappa shape index (κ3) is 7.53. The van der Waals surface area contributed by atoms with Crippen molar-refractivity contribution < 1.29 is 22.7 Å². The van der Waals surface area contributed by atoms with Crippen molar-refractivity contribution in [1.82, 2.24) is 19.2 Å². The summed E-state index contributed by atoms with van der Waals surface area (Å²) in [5.74, 6) is 1.24. The molecule has 1 saturated carbocycles. The number of methoxy groups -OCH3 is 2. The fourth-order valence-corrected chi connectivity index (χ4v) is 10.5. The number of hydrogen-bond acceptors (Lipinski definition) is 11. The summed E-state index contributed by atoms with van der Waals surface area (Å²) in [6.45, 7) is 7.58. The molecule has 13 nitrogen and oxygen atoms in total. The number of carbonyl (C=O) groups is 1. The predicted octanol–water partition coefficient (Wildman–Crippen LogP) is 7.19. The number of ether oxygens (including phenoxy) is 2. The van der Waals surface area contributed by atoms with E-state index in [0.717, 1.165) is 66.7 Å². The number of hydrogen-bond donors (Lipinski definition) is 0. The molecule has 0 bridgehead atoms. The first-order valence-electron chi connectivity index (χ1n) is 21.3. The van der Waals surface area contributed by atoms with Gasteiger partial charge in [0.05, 0.1) is 77.5 Å². The Morgan fingerprint density at radius 3 is 1.78 bits per heavy atom. The number of anilines is 2. The smallest absolute Gasteiger partial charge is 0.226 e. The standard InChI is InChI=1S/C49H48N8O5S/c1-31(2)63(59,60)57-23-21-55(22-24-57)44-30-53-46-37(8-6-10-39(46)48(44)62-4)34-15-16-35(28-51)40(25-34)41-26-42(41)49(58)56-19-17-54(18-20-56)43-29-52-45-36(7-5-9-38(45)47(43)61-3)33-13-11-32(27-50)12-14-33/h5-16,25,29-31,41-42H,17-24,26H2,1-4H3. The molecule has 14 heteroatoms. The van der Waals surface area contributed by atoms with Crippen LogP contribution in [0.15, 0.2) is 91.3 Å². The molecule has 3 aliphatic rings. The van der Waals surface area contributed by atoms with Gasteiger partial charge in [0.25, 0.3) is 0 Å². The number of piperazine rings is 2. The second kappa shape index (κ2) is 16.9. The monoisotopic (exact) mass is 860 g/mol. The van der Waals surface area contributed by atoms with Crippen LogP contribution in [-0.4, -0.2) is 105 Å². The summed E-state index contributed by atoms with van der Waals surface area (Å²) in [6, 6.07) is 29.8. The summed E-state index contributed by atoms with van der Waals surface area (Å²) in [6.07, 6.45) is 4.34. The van der Waals surface area contributed by atoms with E-state index in [-0.39, 0.29) is 17.7 Å². The number of nitriles is 2. The summed E-state index contributed by atoms with van der Waals surface area (Å²) in [5, 5.41) is 20.7. The highest BCUT2D eigenvalue weighted by atomic mass is 32.2. The van der Waals surface area contributed by atoms with Crippen molar-refractivity contribution in [2.24, 2.45) is 5.92 Å². The maximum Gasteiger partial charge on any atom is 0.226 e. The molecule has 2 saturated heterocycles. The lowest BCUT2D eigenvalue weighted by atomic mass is 9.94. The Kier molecular flexibility index (Phi) is 11.1. The van der Waals surface area contributed by atoms with E-state index in [0.29, 0.717) is 75.7 Å². The molecule has 2 atom stereocenters. The summed E-state index contributed by atoms with van der Waals surface area (Å²) < 4.78 is 39.2. The van der Waals surface area contributed by atoms with Gasteiger partial charge in [-0.1, -0.05) is 42.5 Å². The predicted molar refractivity (Wildman–Crippen MR) is 244 cm³/mol. The zero-order chi connectivity index (χ0) is 44.0. The Bertz CT molecular complexity index is 2950.